The lowest BCUT2D eigenvalue weighted by atomic mass is 9.84. The molecule has 2 rings (SSSR count). The largest absolute Gasteiger partial charge is 0.494 e. The molecule has 0 heterocycles. The van der Waals surface area contributed by atoms with E-state index in [4.69, 9.17) is 4.74 Å². The lowest BCUT2D eigenvalue weighted by Gasteiger charge is -2.34. The van der Waals surface area contributed by atoms with E-state index < -0.39 is 18.1 Å². The van der Waals surface area contributed by atoms with Gasteiger partial charge in [-0.1, -0.05) is 12.8 Å². The van der Waals surface area contributed by atoms with Crippen LogP contribution in [0.2, 0.25) is 0 Å². The number of halogens is 3. The Morgan fingerprint density at radius 3 is 2.40 bits per heavy atom. The monoisotopic (exact) mass is 287 g/mol. The predicted molar refractivity (Wildman–Crippen MR) is 73.0 cm³/mol. The maximum Gasteiger partial charge on any atom is 0.393 e. The molecule has 2 atom stereocenters. The molecule has 2 nitrogen and oxygen atoms in total. The molecular weight excluding hydrogens is 267 g/mol. The van der Waals surface area contributed by atoms with Crippen LogP contribution in [0.1, 0.15) is 32.6 Å². The van der Waals surface area contributed by atoms with Crippen LogP contribution in [0.25, 0.3) is 0 Å². The Kier molecular flexibility index (Phi) is 4.78. The summed E-state index contributed by atoms with van der Waals surface area (Å²) >= 11 is 0. The maximum absolute atomic E-state index is 13.0. The summed E-state index contributed by atoms with van der Waals surface area (Å²) in [5, 5.41) is 3.03. The Bertz CT molecular complexity index is 416. The minimum absolute atomic E-state index is 0.220. The summed E-state index contributed by atoms with van der Waals surface area (Å²) in [6, 6.07) is 6.57. The van der Waals surface area contributed by atoms with Gasteiger partial charge in [-0.3, -0.25) is 0 Å². The van der Waals surface area contributed by atoms with Crippen LogP contribution < -0.4 is 10.1 Å². The second kappa shape index (κ2) is 6.37. The summed E-state index contributed by atoms with van der Waals surface area (Å²) in [5.41, 5.74) is 0.717. The first-order valence-corrected chi connectivity index (χ1v) is 7.07. The molecule has 0 radical (unpaired) electrons. The quantitative estimate of drug-likeness (QED) is 0.872. The van der Waals surface area contributed by atoms with E-state index >= 15 is 0 Å². The van der Waals surface area contributed by atoms with Crippen molar-refractivity contribution >= 4 is 5.69 Å². The third-order valence-corrected chi connectivity index (χ3v) is 3.70. The van der Waals surface area contributed by atoms with Gasteiger partial charge in [-0.05, 0) is 44.0 Å². The van der Waals surface area contributed by atoms with Crippen LogP contribution in [0.5, 0.6) is 5.75 Å². The molecule has 1 fully saturated rings. The Morgan fingerprint density at radius 2 is 1.80 bits per heavy atom. The van der Waals surface area contributed by atoms with E-state index in [0.717, 1.165) is 17.9 Å². The van der Waals surface area contributed by atoms with Gasteiger partial charge in [0.2, 0.25) is 0 Å². The molecule has 0 amide bonds. The first-order valence-electron chi connectivity index (χ1n) is 7.07. The average Bonchev–Trinajstić information content (AvgIpc) is 2.41. The summed E-state index contributed by atoms with van der Waals surface area (Å²) in [5.74, 6) is -0.517. The minimum Gasteiger partial charge on any atom is -0.494 e. The summed E-state index contributed by atoms with van der Waals surface area (Å²) in [4.78, 5) is 0. The van der Waals surface area contributed by atoms with E-state index in [9.17, 15) is 13.2 Å². The minimum atomic E-state index is -4.12. The highest BCUT2D eigenvalue weighted by Gasteiger charge is 2.45. The van der Waals surface area contributed by atoms with E-state index in [1.54, 1.807) is 24.3 Å². The number of nitrogens with one attached hydrogen (secondary N) is 1. The Morgan fingerprint density at radius 1 is 1.15 bits per heavy atom. The molecule has 1 aliphatic carbocycles. The van der Waals surface area contributed by atoms with Crippen LogP contribution in [0.3, 0.4) is 0 Å². The molecule has 1 aliphatic rings. The Labute approximate surface area is 117 Å². The zero-order chi connectivity index (χ0) is 14.6. The maximum atomic E-state index is 13.0. The van der Waals surface area contributed by atoms with Gasteiger partial charge in [0, 0.05) is 11.7 Å². The Hall–Kier alpha value is -1.39. The van der Waals surface area contributed by atoms with Crippen LogP contribution in [0.4, 0.5) is 18.9 Å². The van der Waals surface area contributed by atoms with Crippen LogP contribution in [-0.4, -0.2) is 18.8 Å². The summed E-state index contributed by atoms with van der Waals surface area (Å²) in [7, 11) is 0. The molecule has 20 heavy (non-hydrogen) atoms. The van der Waals surface area contributed by atoms with Crippen molar-refractivity contribution in [3.63, 3.8) is 0 Å². The van der Waals surface area contributed by atoms with Crippen molar-refractivity contribution in [2.45, 2.75) is 44.8 Å². The topological polar surface area (TPSA) is 21.3 Å². The van der Waals surface area contributed by atoms with Crippen molar-refractivity contribution < 1.29 is 17.9 Å². The fourth-order valence-corrected chi connectivity index (χ4v) is 2.72. The van der Waals surface area contributed by atoms with Gasteiger partial charge < -0.3 is 10.1 Å². The van der Waals surface area contributed by atoms with Crippen molar-refractivity contribution in [3.8, 4) is 5.75 Å². The van der Waals surface area contributed by atoms with Gasteiger partial charge in [0.1, 0.15) is 5.75 Å². The first-order chi connectivity index (χ1) is 9.50. The molecule has 0 aromatic heterocycles. The highest BCUT2D eigenvalue weighted by molar-refractivity contribution is 5.47. The number of hydrogen-bond donors (Lipinski definition) is 1. The summed E-state index contributed by atoms with van der Waals surface area (Å²) in [6.45, 7) is 2.47. The van der Waals surface area contributed by atoms with E-state index in [0.29, 0.717) is 19.4 Å². The van der Waals surface area contributed by atoms with Gasteiger partial charge in [0.15, 0.2) is 0 Å². The molecule has 1 aromatic rings. The Balaban J connectivity index is 2.03. The first kappa shape index (κ1) is 15.0. The SMILES string of the molecule is CCOc1ccc(NC2CCCCC2C(F)(F)F)cc1. The second-order valence-corrected chi connectivity index (χ2v) is 5.14. The zero-order valence-corrected chi connectivity index (χ0v) is 11.5. The molecule has 1 aromatic carbocycles. The highest BCUT2D eigenvalue weighted by atomic mass is 19.4. The number of ether oxygens (including phenoxy) is 1. The van der Waals surface area contributed by atoms with Crippen molar-refractivity contribution in [1.29, 1.82) is 0 Å². The van der Waals surface area contributed by atoms with Crippen LogP contribution in [0.15, 0.2) is 24.3 Å². The number of alkyl halides is 3. The molecule has 2 unspecified atom stereocenters. The van der Waals surface area contributed by atoms with Crippen molar-refractivity contribution in [2.24, 2.45) is 5.92 Å². The summed E-state index contributed by atoms with van der Waals surface area (Å²) < 4.78 is 44.3. The number of hydrogen-bond acceptors (Lipinski definition) is 2. The van der Waals surface area contributed by atoms with Crippen molar-refractivity contribution in [3.05, 3.63) is 24.3 Å². The van der Waals surface area contributed by atoms with E-state index in [-0.39, 0.29) is 6.42 Å². The van der Waals surface area contributed by atoms with E-state index in [1.807, 2.05) is 6.92 Å². The van der Waals surface area contributed by atoms with Gasteiger partial charge in [0.05, 0.1) is 12.5 Å². The number of benzene rings is 1. The lowest BCUT2D eigenvalue weighted by molar-refractivity contribution is -0.184. The van der Waals surface area contributed by atoms with Crippen molar-refractivity contribution in [2.75, 3.05) is 11.9 Å². The molecule has 0 spiro atoms. The molecule has 0 bridgehead atoms. The number of anilines is 1. The van der Waals surface area contributed by atoms with Gasteiger partial charge in [-0.25, -0.2) is 0 Å². The van der Waals surface area contributed by atoms with Crippen LogP contribution in [0, 0.1) is 5.92 Å². The van der Waals surface area contributed by atoms with Gasteiger partial charge in [0.25, 0.3) is 0 Å². The van der Waals surface area contributed by atoms with Crippen LogP contribution >= 0.6 is 0 Å². The van der Waals surface area contributed by atoms with E-state index in [2.05, 4.69) is 5.32 Å². The molecule has 5 heteroatoms. The predicted octanol–water partition coefficient (Wildman–Crippen LogP) is 4.62. The van der Waals surface area contributed by atoms with Gasteiger partial charge in [-0.15, -0.1) is 0 Å². The standard InChI is InChI=1S/C15H20F3NO/c1-2-20-12-9-7-11(8-10-12)19-14-6-4-3-5-13(14)15(16,17)18/h7-10,13-14,19H,2-6H2,1H3. The van der Waals surface area contributed by atoms with Gasteiger partial charge in [-0.2, -0.15) is 13.2 Å². The second-order valence-electron chi connectivity index (χ2n) is 5.14. The number of rotatable bonds is 4. The smallest absolute Gasteiger partial charge is 0.393 e. The van der Waals surface area contributed by atoms with Crippen LogP contribution in [-0.2, 0) is 0 Å². The molecule has 0 saturated heterocycles. The normalized spacial score (nSPS) is 23.4. The van der Waals surface area contributed by atoms with Gasteiger partial charge >= 0.3 is 6.18 Å². The molecular formula is C15H20F3NO. The molecule has 0 aliphatic heterocycles. The third-order valence-electron chi connectivity index (χ3n) is 3.70. The van der Waals surface area contributed by atoms with E-state index in [1.165, 1.54) is 0 Å². The van der Waals surface area contributed by atoms with Crippen molar-refractivity contribution in [1.82, 2.24) is 0 Å². The fourth-order valence-electron chi connectivity index (χ4n) is 2.72. The summed E-state index contributed by atoms with van der Waals surface area (Å²) in [6.07, 6.45) is -1.83. The third kappa shape index (κ3) is 3.81. The average molecular weight is 287 g/mol. The molecule has 112 valence electrons. The highest BCUT2D eigenvalue weighted by Crippen LogP contribution is 2.39. The lowest BCUT2D eigenvalue weighted by Crippen LogP contribution is -2.41. The zero-order valence-electron chi connectivity index (χ0n) is 11.5. The molecule has 1 saturated carbocycles. The fraction of sp³-hybridized carbons (Fsp3) is 0.600. The molecule has 1 N–H and O–H groups in total.